The maximum absolute atomic E-state index is 12.0. The Labute approximate surface area is 136 Å². The molecule has 0 radical (unpaired) electrons. The third-order valence-electron chi connectivity index (χ3n) is 3.72. The number of hydrogen-bond donors (Lipinski definition) is 1. The summed E-state index contributed by atoms with van der Waals surface area (Å²) in [6, 6.07) is 5.98. The van der Waals surface area contributed by atoms with Gasteiger partial charge in [0.1, 0.15) is 5.75 Å². The zero-order valence-electron chi connectivity index (χ0n) is 11.5. The maximum atomic E-state index is 12.0. The van der Waals surface area contributed by atoms with Crippen molar-refractivity contribution in [3.05, 3.63) is 27.1 Å². The minimum absolute atomic E-state index is 0.0461. The molecule has 0 aliphatic heterocycles. The molecule has 0 spiro atoms. The average molecular weight is 405 g/mol. The van der Waals surface area contributed by atoms with E-state index in [1.807, 2.05) is 18.2 Å². The Morgan fingerprint density at radius 3 is 2.60 bits per heavy atom. The number of para-hydroxylation sites is 1. The summed E-state index contributed by atoms with van der Waals surface area (Å²) in [5, 5.41) is 3.08. The fourth-order valence-electron chi connectivity index (χ4n) is 2.54. The van der Waals surface area contributed by atoms with Crippen molar-refractivity contribution in [1.29, 1.82) is 0 Å². The van der Waals surface area contributed by atoms with Gasteiger partial charge < -0.3 is 10.1 Å². The average Bonchev–Trinajstić information content (AvgIpc) is 2.41. The van der Waals surface area contributed by atoms with E-state index in [0.29, 0.717) is 17.7 Å². The van der Waals surface area contributed by atoms with E-state index in [-0.39, 0.29) is 12.5 Å². The molecule has 0 saturated heterocycles. The van der Waals surface area contributed by atoms with Gasteiger partial charge in [0.15, 0.2) is 6.61 Å². The number of nitrogens with one attached hydrogen (secondary N) is 1. The highest BCUT2D eigenvalue weighted by molar-refractivity contribution is 9.11. The summed E-state index contributed by atoms with van der Waals surface area (Å²) < 4.78 is 7.28. The number of carbonyl (C=O) groups excluding carboxylic acids is 1. The number of ether oxygens (including phenoxy) is 1. The van der Waals surface area contributed by atoms with E-state index in [2.05, 4.69) is 44.1 Å². The van der Waals surface area contributed by atoms with Gasteiger partial charge in [0, 0.05) is 6.04 Å². The van der Waals surface area contributed by atoms with Gasteiger partial charge in [-0.25, -0.2) is 0 Å². The minimum Gasteiger partial charge on any atom is -0.481 e. The van der Waals surface area contributed by atoms with E-state index < -0.39 is 0 Å². The van der Waals surface area contributed by atoms with Crippen molar-refractivity contribution in [2.45, 2.75) is 38.6 Å². The molecule has 0 bridgehead atoms. The van der Waals surface area contributed by atoms with Gasteiger partial charge in [-0.1, -0.05) is 25.8 Å². The van der Waals surface area contributed by atoms with Gasteiger partial charge in [0.2, 0.25) is 0 Å². The summed E-state index contributed by atoms with van der Waals surface area (Å²) in [4.78, 5) is 12.0. The normalized spacial score (nSPS) is 22.4. The first-order valence-electron chi connectivity index (χ1n) is 6.94. The van der Waals surface area contributed by atoms with Crippen LogP contribution in [0, 0.1) is 5.92 Å². The number of carbonyl (C=O) groups is 1. The Hall–Kier alpha value is -0.550. The molecule has 1 amide bonds. The number of benzene rings is 1. The van der Waals surface area contributed by atoms with Crippen molar-refractivity contribution in [2.75, 3.05) is 6.61 Å². The summed E-state index contributed by atoms with van der Waals surface area (Å²) >= 11 is 6.84. The van der Waals surface area contributed by atoms with Crippen LogP contribution in [0.25, 0.3) is 0 Å². The van der Waals surface area contributed by atoms with Crippen LogP contribution < -0.4 is 10.1 Å². The Kier molecular flexibility index (Phi) is 5.90. The molecular weight excluding hydrogens is 386 g/mol. The molecule has 1 saturated carbocycles. The van der Waals surface area contributed by atoms with E-state index >= 15 is 0 Å². The summed E-state index contributed by atoms with van der Waals surface area (Å²) in [7, 11) is 0. The Morgan fingerprint density at radius 1 is 1.30 bits per heavy atom. The van der Waals surface area contributed by atoms with E-state index in [1.54, 1.807) is 0 Å². The summed E-state index contributed by atoms with van der Waals surface area (Å²) in [6.45, 7) is 2.25. The summed E-state index contributed by atoms with van der Waals surface area (Å²) in [5.41, 5.74) is 0. The second-order valence-corrected chi connectivity index (χ2v) is 6.98. The van der Waals surface area contributed by atoms with Crippen molar-refractivity contribution in [3.63, 3.8) is 0 Å². The quantitative estimate of drug-likeness (QED) is 0.812. The second-order valence-electron chi connectivity index (χ2n) is 5.28. The molecule has 20 heavy (non-hydrogen) atoms. The van der Waals surface area contributed by atoms with Crippen LogP contribution in [0.15, 0.2) is 27.1 Å². The van der Waals surface area contributed by atoms with Crippen LogP contribution in [0.1, 0.15) is 32.6 Å². The van der Waals surface area contributed by atoms with E-state index in [0.717, 1.165) is 15.4 Å². The predicted molar refractivity (Wildman–Crippen MR) is 86.9 cm³/mol. The SMILES string of the molecule is C[C@H]1CCCC[C@H]1NC(=O)COc1c(Br)cccc1Br. The lowest BCUT2D eigenvalue weighted by atomic mass is 9.86. The first kappa shape index (κ1) is 15.8. The Morgan fingerprint density at radius 2 is 1.95 bits per heavy atom. The van der Waals surface area contributed by atoms with Crippen LogP contribution in [-0.4, -0.2) is 18.6 Å². The first-order valence-corrected chi connectivity index (χ1v) is 8.52. The van der Waals surface area contributed by atoms with E-state index in [1.165, 1.54) is 19.3 Å². The molecule has 2 rings (SSSR count). The fraction of sp³-hybridized carbons (Fsp3) is 0.533. The van der Waals surface area contributed by atoms with Crippen molar-refractivity contribution < 1.29 is 9.53 Å². The third-order valence-corrected chi connectivity index (χ3v) is 4.97. The van der Waals surface area contributed by atoms with Crippen LogP contribution in [0.2, 0.25) is 0 Å². The lowest BCUT2D eigenvalue weighted by molar-refractivity contribution is -0.124. The topological polar surface area (TPSA) is 38.3 Å². The van der Waals surface area contributed by atoms with E-state index in [9.17, 15) is 4.79 Å². The van der Waals surface area contributed by atoms with Gasteiger partial charge in [-0.3, -0.25) is 4.79 Å². The molecule has 1 N–H and O–H groups in total. The molecule has 1 aliphatic carbocycles. The fourth-order valence-corrected chi connectivity index (χ4v) is 3.76. The molecule has 1 aromatic rings. The lowest BCUT2D eigenvalue weighted by Gasteiger charge is -2.29. The summed E-state index contributed by atoms with van der Waals surface area (Å²) in [6.07, 6.45) is 4.74. The van der Waals surface area contributed by atoms with Crippen molar-refractivity contribution >= 4 is 37.8 Å². The highest BCUT2D eigenvalue weighted by atomic mass is 79.9. The second kappa shape index (κ2) is 7.46. The number of amides is 1. The first-order chi connectivity index (χ1) is 9.58. The third kappa shape index (κ3) is 4.22. The lowest BCUT2D eigenvalue weighted by Crippen LogP contribution is -2.43. The van der Waals surface area contributed by atoms with Crippen molar-refractivity contribution in [1.82, 2.24) is 5.32 Å². The number of rotatable bonds is 4. The Balaban J connectivity index is 1.86. The summed E-state index contributed by atoms with van der Waals surface area (Å²) in [5.74, 6) is 1.17. The molecule has 5 heteroatoms. The molecule has 1 fully saturated rings. The monoisotopic (exact) mass is 403 g/mol. The van der Waals surface area contributed by atoms with E-state index in [4.69, 9.17) is 4.74 Å². The van der Waals surface area contributed by atoms with Gasteiger partial charge in [-0.2, -0.15) is 0 Å². The highest BCUT2D eigenvalue weighted by Gasteiger charge is 2.23. The highest BCUT2D eigenvalue weighted by Crippen LogP contribution is 2.32. The van der Waals surface area contributed by atoms with Gasteiger partial charge in [-0.15, -0.1) is 0 Å². The molecule has 1 aromatic carbocycles. The molecule has 110 valence electrons. The molecule has 3 nitrogen and oxygen atoms in total. The molecule has 0 heterocycles. The van der Waals surface area contributed by atoms with Crippen LogP contribution in [0.3, 0.4) is 0 Å². The van der Waals surface area contributed by atoms with Gasteiger partial charge in [-0.05, 0) is 62.8 Å². The molecule has 2 atom stereocenters. The van der Waals surface area contributed by atoms with Crippen LogP contribution in [0.5, 0.6) is 5.75 Å². The predicted octanol–water partition coefficient (Wildman–Crippen LogP) is 4.29. The standard InChI is InChI=1S/C15H19Br2NO2/c1-10-5-2-3-8-13(10)18-14(19)9-20-15-11(16)6-4-7-12(15)17/h4,6-7,10,13H,2-3,5,8-9H2,1H3,(H,18,19)/t10-,13+/m0/s1. The van der Waals surface area contributed by atoms with Gasteiger partial charge in [0.25, 0.3) is 5.91 Å². The smallest absolute Gasteiger partial charge is 0.258 e. The van der Waals surface area contributed by atoms with Gasteiger partial charge >= 0.3 is 0 Å². The molecule has 1 aliphatic rings. The zero-order chi connectivity index (χ0) is 14.5. The zero-order valence-corrected chi connectivity index (χ0v) is 14.7. The van der Waals surface area contributed by atoms with Crippen molar-refractivity contribution in [3.8, 4) is 5.75 Å². The minimum atomic E-state index is -0.0496. The van der Waals surface area contributed by atoms with Gasteiger partial charge in [0.05, 0.1) is 8.95 Å². The largest absolute Gasteiger partial charge is 0.481 e. The molecule has 0 unspecified atom stereocenters. The number of hydrogen-bond acceptors (Lipinski definition) is 2. The van der Waals surface area contributed by atoms with Crippen molar-refractivity contribution in [2.24, 2.45) is 5.92 Å². The number of halogens is 2. The maximum Gasteiger partial charge on any atom is 0.258 e. The van der Waals surface area contributed by atoms with Crippen LogP contribution in [-0.2, 0) is 4.79 Å². The molecular formula is C15H19Br2NO2. The molecule has 0 aromatic heterocycles. The Bertz CT molecular complexity index is 459. The van der Waals surface area contributed by atoms with Crippen LogP contribution >= 0.6 is 31.9 Å². The van der Waals surface area contributed by atoms with Crippen LogP contribution in [0.4, 0.5) is 0 Å².